The maximum atomic E-state index is 11.8. The van der Waals surface area contributed by atoms with Crippen LogP contribution in [0.4, 0.5) is 4.79 Å². The molecule has 0 saturated carbocycles. The third kappa shape index (κ3) is 4.29. The van der Waals surface area contributed by atoms with Crippen molar-refractivity contribution >= 4 is 17.6 Å². The van der Waals surface area contributed by atoms with Crippen LogP contribution in [0.1, 0.15) is 0 Å². The molecule has 0 aromatic heterocycles. The molecular formula is C13H17ClN2O3. The van der Waals surface area contributed by atoms with Crippen LogP contribution in [0.15, 0.2) is 24.3 Å². The molecule has 0 spiro atoms. The van der Waals surface area contributed by atoms with Gasteiger partial charge in [-0.05, 0) is 12.1 Å². The van der Waals surface area contributed by atoms with E-state index in [1.807, 2.05) is 12.1 Å². The molecule has 0 aliphatic carbocycles. The average Bonchev–Trinajstić information content (AvgIpc) is 2.46. The van der Waals surface area contributed by atoms with Gasteiger partial charge in [-0.2, -0.15) is 0 Å². The van der Waals surface area contributed by atoms with Crippen molar-refractivity contribution in [3.8, 4) is 5.75 Å². The number of morpholine rings is 1. The fourth-order valence-electron chi connectivity index (χ4n) is 1.76. The Labute approximate surface area is 117 Å². The maximum absolute atomic E-state index is 11.8. The summed E-state index contributed by atoms with van der Waals surface area (Å²) in [6, 6.07) is 7.18. The Bertz CT molecular complexity index is 422. The van der Waals surface area contributed by atoms with E-state index in [1.165, 1.54) is 0 Å². The number of ether oxygens (including phenoxy) is 2. The molecule has 1 N–H and O–H groups in total. The average molecular weight is 285 g/mol. The number of para-hydroxylation sites is 1. The van der Waals surface area contributed by atoms with Crippen molar-refractivity contribution < 1.29 is 14.3 Å². The van der Waals surface area contributed by atoms with Gasteiger partial charge in [0.1, 0.15) is 12.4 Å². The Morgan fingerprint density at radius 1 is 1.37 bits per heavy atom. The maximum Gasteiger partial charge on any atom is 0.317 e. The first-order valence-electron chi connectivity index (χ1n) is 6.25. The SMILES string of the molecule is O=C(NCCOc1ccccc1Cl)N1CCOCC1. The summed E-state index contributed by atoms with van der Waals surface area (Å²) in [6.07, 6.45) is 0. The number of rotatable bonds is 4. The zero-order valence-electron chi connectivity index (χ0n) is 10.6. The minimum atomic E-state index is -0.0777. The summed E-state index contributed by atoms with van der Waals surface area (Å²) in [5.74, 6) is 0.629. The van der Waals surface area contributed by atoms with Crippen LogP contribution < -0.4 is 10.1 Å². The highest BCUT2D eigenvalue weighted by atomic mass is 35.5. The number of carbonyl (C=O) groups is 1. The van der Waals surface area contributed by atoms with Gasteiger partial charge in [0.05, 0.1) is 24.8 Å². The predicted octanol–water partition coefficient (Wildman–Crippen LogP) is 1.76. The molecule has 0 unspecified atom stereocenters. The van der Waals surface area contributed by atoms with Crippen LogP contribution in [-0.2, 0) is 4.74 Å². The van der Waals surface area contributed by atoms with Gasteiger partial charge >= 0.3 is 6.03 Å². The molecule has 1 aliphatic rings. The predicted molar refractivity (Wildman–Crippen MR) is 72.7 cm³/mol. The molecule has 19 heavy (non-hydrogen) atoms. The van der Waals surface area contributed by atoms with Crippen LogP contribution in [0.25, 0.3) is 0 Å². The monoisotopic (exact) mass is 284 g/mol. The van der Waals surface area contributed by atoms with E-state index in [0.717, 1.165) is 0 Å². The highest BCUT2D eigenvalue weighted by Crippen LogP contribution is 2.22. The standard InChI is InChI=1S/C13H17ClN2O3/c14-11-3-1-2-4-12(11)19-8-5-15-13(17)16-6-9-18-10-7-16/h1-4H,5-10H2,(H,15,17). The van der Waals surface area contributed by atoms with Crippen LogP contribution in [0.5, 0.6) is 5.75 Å². The van der Waals surface area contributed by atoms with Gasteiger partial charge in [0.15, 0.2) is 0 Å². The summed E-state index contributed by atoms with van der Waals surface area (Å²) < 4.78 is 10.7. The van der Waals surface area contributed by atoms with Crippen molar-refractivity contribution in [1.29, 1.82) is 0 Å². The molecule has 2 rings (SSSR count). The van der Waals surface area contributed by atoms with E-state index in [0.29, 0.717) is 50.2 Å². The lowest BCUT2D eigenvalue weighted by Crippen LogP contribution is -2.47. The largest absolute Gasteiger partial charge is 0.490 e. The summed E-state index contributed by atoms with van der Waals surface area (Å²) >= 11 is 5.95. The van der Waals surface area contributed by atoms with Crippen LogP contribution in [0.2, 0.25) is 5.02 Å². The van der Waals surface area contributed by atoms with E-state index in [2.05, 4.69) is 5.32 Å². The molecule has 1 aliphatic heterocycles. The van der Waals surface area contributed by atoms with E-state index in [-0.39, 0.29) is 6.03 Å². The molecule has 1 fully saturated rings. The fraction of sp³-hybridized carbons (Fsp3) is 0.462. The molecule has 1 heterocycles. The summed E-state index contributed by atoms with van der Waals surface area (Å²) in [6.45, 7) is 3.31. The normalized spacial score (nSPS) is 15.1. The van der Waals surface area contributed by atoms with Crippen LogP contribution >= 0.6 is 11.6 Å². The van der Waals surface area contributed by atoms with Crippen LogP contribution in [0.3, 0.4) is 0 Å². The third-order valence-corrected chi connectivity index (χ3v) is 3.08. The van der Waals surface area contributed by atoms with Crippen molar-refractivity contribution in [3.05, 3.63) is 29.3 Å². The van der Waals surface area contributed by atoms with Gasteiger partial charge in [-0.3, -0.25) is 0 Å². The molecule has 1 saturated heterocycles. The number of carbonyl (C=O) groups excluding carboxylic acids is 1. The second-order valence-electron chi connectivity index (χ2n) is 4.11. The van der Waals surface area contributed by atoms with Gasteiger partial charge in [0.25, 0.3) is 0 Å². The minimum Gasteiger partial charge on any atom is -0.490 e. The molecule has 1 aromatic carbocycles. The van der Waals surface area contributed by atoms with E-state index >= 15 is 0 Å². The summed E-state index contributed by atoms with van der Waals surface area (Å²) in [5, 5.41) is 3.38. The van der Waals surface area contributed by atoms with E-state index < -0.39 is 0 Å². The molecule has 6 heteroatoms. The van der Waals surface area contributed by atoms with E-state index in [4.69, 9.17) is 21.1 Å². The van der Waals surface area contributed by atoms with Crippen molar-refractivity contribution in [2.24, 2.45) is 0 Å². The van der Waals surface area contributed by atoms with E-state index in [9.17, 15) is 4.79 Å². The number of nitrogens with one attached hydrogen (secondary N) is 1. The smallest absolute Gasteiger partial charge is 0.317 e. The Morgan fingerprint density at radius 2 is 2.11 bits per heavy atom. The lowest BCUT2D eigenvalue weighted by Gasteiger charge is -2.26. The van der Waals surface area contributed by atoms with Crippen LogP contribution in [0, 0.1) is 0 Å². The summed E-state index contributed by atoms with van der Waals surface area (Å²) in [7, 11) is 0. The van der Waals surface area contributed by atoms with Gasteiger partial charge in [-0.1, -0.05) is 23.7 Å². The number of amides is 2. The number of urea groups is 1. The quantitative estimate of drug-likeness (QED) is 0.857. The van der Waals surface area contributed by atoms with Gasteiger partial charge in [-0.15, -0.1) is 0 Å². The van der Waals surface area contributed by atoms with E-state index in [1.54, 1.807) is 17.0 Å². The Kier molecular flexibility index (Phi) is 5.30. The van der Waals surface area contributed by atoms with Gasteiger partial charge in [0.2, 0.25) is 0 Å². The molecule has 104 valence electrons. The summed E-state index contributed by atoms with van der Waals surface area (Å²) in [5.41, 5.74) is 0. The van der Waals surface area contributed by atoms with Crippen molar-refractivity contribution in [1.82, 2.24) is 10.2 Å². The second kappa shape index (κ2) is 7.21. The molecule has 2 amide bonds. The zero-order chi connectivity index (χ0) is 13.5. The molecular weight excluding hydrogens is 268 g/mol. The number of halogens is 1. The third-order valence-electron chi connectivity index (χ3n) is 2.77. The number of benzene rings is 1. The zero-order valence-corrected chi connectivity index (χ0v) is 11.4. The van der Waals surface area contributed by atoms with Crippen molar-refractivity contribution in [2.75, 3.05) is 39.5 Å². The Morgan fingerprint density at radius 3 is 2.84 bits per heavy atom. The van der Waals surface area contributed by atoms with Crippen molar-refractivity contribution in [2.45, 2.75) is 0 Å². The number of nitrogens with zero attached hydrogens (tertiary/aromatic N) is 1. The first-order chi connectivity index (χ1) is 9.27. The number of hydrogen-bond donors (Lipinski definition) is 1. The second-order valence-corrected chi connectivity index (χ2v) is 4.52. The van der Waals surface area contributed by atoms with Gasteiger partial charge in [0, 0.05) is 13.1 Å². The van der Waals surface area contributed by atoms with Crippen molar-refractivity contribution in [3.63, 3.8) is 0 Å². The topological polar surface area (TPSA) is 50.8 Å². The Balaban J connectivity index is 1.66. The lowest BCUT2D eigenvalue weighted by atomic mass is 10.3. The lowest BCUT2D eigenvalue weighted by molar-refractivity contribution is 0.0530. The molecule has 5 nitrogen and oxygen atoms in total. The minimum absolute atomic E-state index is 0.0777. The number of hydrogen-bond acceptors (Lipinski definition) is 3. The molecule has 0 bridgehead atoms. The first-order valence-corrected chi connectivity index (χ1v) is 6.63. The molecule has 0 radical (unpaired) electrons. The van der Waals surface area contributed by atoms with Crippen LogP contribution in [-0.4, -0.2) is 50.4 Å². The fourth-order valence-corrected chi connectivity index (χ4v) is 1.95. The molecule has 1 aromatic rings. The first kappa shape index (κ1) is 14.0. The highest BCUT2D eigenvalue weighted by molar-refractivity contribution is 6.32. The Hall–Kier alpha value is -1.46. The highest BCUT2D eigenvalue weighted by Gasteiger charge is 2.15. The summed E-state index contributed by atoms with van der Waals surface area (Å²) in [4.78, 5) is 13.5. The van der Waals surface area contributed by atoms with Gasteiger partial charge in [-0.25, -0.2) is 4.79 Å². The van der Waals surface area contributed by atoms with Gasteiger partial charge < -0.3 is 19.7 Å². The molecule has 0 atom stereocenters.